The number of aromatic amines is 1. The number of allylic oxidation sites excluding steroid dienone is 1. The van der Waals surface area contributed by atoms with Crippen molar-refractivity contribution in [2.45, 2.75) is 6.92 Å². The first-order valence-corrected chi connectivity index (χ1v) is 4.51. The van der Waals surface area contributed by atoms with Crippen molar-refractivity contribution in [3.05, 3.63) is 41.6 Å². The van der Waals surface area contributed by atoms with Gasteiger partial charge in [0.1, 0.15) is 6.29 Å². The fourth-order valence-electron chi connectivity index (χ4n) is 1.49. The molecule has 14 heavy (non-hydrogen) atoms. The molecule has 1 heterocycles. The highest BCUT2D eigenvalue weighted by Crippen LogP contribution is 2.19. The lowest BCUT2D eigenvalue weighted by Gasteiger charge is -1.91. The van der Waals surface area contributed by atoms with Crippen LogP contribution in [-0.2, 0) is 4.79 Å². The Morgan fingerprint density at radius 1 is 1.36 bits per heavy atom. The first-order chi connectivity index (χ1) is 6.81. The van der Waals surface area contributed by atoms with Crippen LogP contribution in [0.2, 0.25) is 0 Å². The van der Waals surface area contributed by atoms with Gasteiger partial charge in [-0.2, -0.15) is 0 Å². The van der Waals surface area contributed by atoms with Gasteiger partial charge in [0.15, 0.2) is 0 Å². The minimum Gasteiger partial charge on any atom is -0.361 e. The van der Waals surface area contributed by atoms with E-state index < -0.39 is 0 Å². The molecule has 0 saturated heterocycles. The molecule has 1 N–H and O–H groups in total. The van der Waals surface area contributed by atoms with Crippen LogP contribution in [0.1, 0.15) is 12.5 Å². The number of rotatable bonds is 2. The minimum atomic E-state index is 0.731. The molecule has 0 saturated carbocycles. The molecule has 0 aliphatic heterocycles. The van der Waals surface area contributed by atoms with Crippen molar-refractivity contribution in [3.8, 4) is 0 Å². The Balaban J connectivity index is 2.59. The number of fused-ring (bicyclic) bond motifs is 1. The summed E-state index contributed by atoms with van der Waals surface area (Å²) in [6.07, 6.45) is 4.66. The summed E-state index contributed by atoms with van der Waals surface area (Å²) < 4.78 is 0. The number of para-hydroxylation sites is 1. The fourth-order valence-corrected chi connectivity index (χ4v) is 1.49. The summed E-state index contributed by atoms with van der Waals surface area (Å²) in [7, 11) is 0. The monoisotopic (exact) mass is 185 g/mol. The van der Waals surface area contributed by atoms with E-state index in [1.165, 1.54) is 0 Å². The van der Waals surface area contributed by atoms with E-state index >= 15 is 0 Å². The SMILES string of the molecule is C/C(C=O)=C/c1c[nH]c2ccccc12. The molecule has 0 atom stereocenters. The third kappa shape index (κ3) is 1.46. The topological polar surface area (TPSA) is 32.9 Å². The van der Waals surface area contributed by atoms with Crippen molar-refractivity contribution in [2.24, 2.45) is 0 Å². The molecule has 0 spiro atoms. The molecule has 2 heteroatoms. The molecule has 1 aromatic carbocycles. The van der Waals surface area contributed by atoms with E-state index in [-0.39, 0.29) is 0 Å². The fraction of sp³-hybridized carbons (Fsp3) is 0.0833. The molecule has 0 radical (unpaired) electrons. The van der Waals surface area contributed by atoms with Gasteiger partial charge in [0.25, 0.3) is 0 Å². The molecular weight excluding hydrogens is 174 g/mol. The summed E-state index contributed by atoms with van der Waals surface area (Å²) in [4.78, 5) is 13.6. The van der Waals surface area contributed by atoms with E-state index in [2.05, 4.69) is 4.98 Å². The van der Waals surface area contributed by atoms with Crippen molar-refractivity contribution < 1.29 is 4.79 Å². The highest BCUT2D eigenvalue weighted by atomic mass is 16.1. The number of aldehydes is 1. The average Bonchev–Trinajstić information content (AvgIpc) is 2.62. The van der Waals surface area contributed by atoms with E-state index in [0.717, 1.165) is 28.3 Å². The quantitative estimate of drug-likeness (QED) is 0.566. The van der Waals surface area contributed by atoms with Gasteiger partial charge in [-0.15, -0.1) is 0 Å². The first kappa shape index (κ1) is 8.75. The minimum absolute atomic E-state index is 0.731. The molecule has 0 aliphatic carbocycles. The predicted molar refractivity (Wildman–Crippen MR) is 58.0 cm³/mol. The Kier molecular flexibility index (Phi) is 2.19. The van der Waals surface area contributed by atoms with Crippen molar-refractivity contribution >= 4 is 23.3 Å². The molecule has 0 amide bonds. The third-order valence-electron chi connectivity index (χ3n) is 2.19. The van der Waals surface area contributed by atoms with Crippen molar-refractivity contribution in [1.82, 2.24) is 4.98 Å². The number of nitrogens with one attached hydrogen (secondary N) is 1. The zero-order valence-corrected chi connectivity index (χ0v) is 7.95. The molecular formula is C12H11NO. The van der Waals surface area contributed by atoms with Crippen LogP contribution >= 0.6 is 0 Å². The third-order valence-corrected chi connectivity index (χ3v) is 2.19. The van der Waals surface area contributed by atoms with Crippen molar-refractivity contribution in [3.63, 3.8) is 0 Å². The number of hydrogen-bond acceptors (Lipinski definition) is 1. The first-order valence-electron chi connectivity index (χ1n) is 4.51. The second-order valence-electron chi connectivity index (χ2n) is 3.30. The van der Waals surface area contributed by atoms with Gasteiger partial charge in [0, 0.05) is 22.7 Å². The number of hydrogen-bond donors (Lipinski definition) is 1. The van der Waals surface area contributed by atoms with Gasteiger partial charge >= 0.3 is 0 Å². The maximum Gasteiger partial charge on any atom is 0.145 e. The van der Waals surface area contributed by atoms with Gasteiger partial charge in [-0.1, -0.05) is 18.2 Å². The van der Waals surface area contributed by atoms with Crippen LogP contribution in [0, 0.1) is 0 Å². The zero-order valence-electron chi connectivity index (χ0n) is 7.95. The summed E-state index contributed by atoms with van der Waals surface area (Å²) in [5, 5.41) is 1.15. The summed E-state index contributed by atoms with van der Waals surface area (Å²) in [5.41, 5.74) is 2.89. The number of aromatic nitrogens is 1. The van der Waals surface area contributed by atoms with Crippen molar-refractivity contribution in [1.29, 1.82) is 0 Å². The van der Waals surface area contributed by atoms with E-state index in [9.17, 15) is 4.79 Å². The lowest BCUT2D eigenvalue weighted by atomic mass is 10.1. The van der Waals surface area contributed by atoms with Crippen LogP contribution in [0.5, 0.6) is 0 Å². The van der Waals surface area contributed by atoms with Gasteiger partial charge in [-0.05, 0) is 24.6 Å². The molecule has 0 aliphatic rings. The van der Waals surface area contributed by atoms with E-state index in [1.54, 1.807) is 6.92 Å². The molecule has 0 bridgehead atoms. The maximum absolute atomic E-state index is 10.5. The lowest BCUT2D eigenvalue weighted by molar-refractivity contribution is -0.104. The second kappa shape index (κ2) is 3.50. The Morgan fingerprint density at radius 2 is 2.14 bits per heavy atom. The van der Waals surface area contributed by atoms with Crippen LogP contribution in [0.25, 0.3) is 17.0 Å². The Hall–Kier alpha value is -1.83. The lowest BCUT2D eigenvalue weighted by Crippen LogP contribution is -1.75. The van der Waals surface area contributed by atoms with Gasteiger partial charge in [0.2, 0.25) is 0 Å². The number of carbonyl (C=O) groups is 1. The molecule has 2 rings (SSSR count). The summed E-state index contributed by atoms with van der Waals surface area (Å²) in [6, 6.07) is 8.03. The van der Waals surface area contributed by atoms with Crippen LogP contribution in [0.3, 0.4) is 0 Å². The maximum atomic E-state index is 10.5. The number of benzene rings is 1. The van der Waals surface area contributed by atoms with Crippen molar-refractivity contribution in [2.75, 3.05) is 0 Å². The van der Waals surface area contributed by atoms with Gasteiger partial charge in [-0.3, -0.25) is 4.79 Å². The molecule has 1 aromatic heterocycles. The van der Waals surface area contributed by atoms with E-state index in [0.29, 0.717) is 0 Å². The normalized spacial score (nSPS) is 11.9. The molecule has 0 fully saturated rings. The zero-order chi connectivity index (χ0) is 9.97. The van der Waals surface area contributed by atoms with Gasteiger partial charge in [0.05, 0.1) is 0 Å². The second-order valence-corrected chi connectivity index (χ2v) is 3.30. The number of carbonyl (C=O) groups excluding carboxylic acids is 1. The summed E-state index contributed by atoms with van der Waals surface area (Å²) in [6.45, 7) is 1.80. The van der Waals surface area contributed by atoms with Crippen LogP contribution in [-0.4, -0.2) is 11.3 Å². The van der Waals surface area contributed by atoms with Gasteiger partial charge < -0.3 is 4.98 Å². The van der Waals surface area contributed by atoms with Gasteiger partial charge in [-0.25, -0.2) is 0 Å². The summed E-state index contributed by atoms with van der Waals surface area (Å²) >= 11 is 0. The Labute approximate surface area is 82.3 Å². The van der Waals surface area contributed by atoms with E-state index in [1.807, 2.05) is 36.5 Å². The van der Waals surface area contributed by atoms with E-state index in [4.69, 9.17) is 0 Å². The summed E-state index contributed by atoms with van der Waals surface area (Å²) in [5.74, 6) is 0. The largest absolute Gasteiger partial charge is 0.361 e. The van der Waals surface area contributed by atoms with Crippen LogP contribution in [0.15, 0.2) is 36.0 Å². The molecule has 70 valence electrons. The molecule has 0 unspecified atom stereocenters. The highest BCUT2D eigenvalue weighted by molar-refractivity contribution is 5.92. The van der Waals surface area contributed by atoms with Crippen LogP contribution < -0.4 is 0 Å². The molecule has 2 nitrogen and oxygen atoms in total. The standard InChI is InChI=1S/C12H11NO/c1-9(8-14)6-10-7-13-12-5-3-2-4-11(10)12/h2-8,13H,1H3/b9-6-. The Bertz CT molecular complexity index is 494. The highest BCUT2D eigenvalue weighted by Gasteiger charge is 1.99. The molecule has 2 aromatic rings. The average molecular weight is 185 g/mol. The predicted octanol–water partition coefficient (Wildman–Crippen LogP) is 2.77. The smallest absolute Gasteiger partial charge is 0.145 e. The van der Waals surface area contributed by atoms with Crippen LogP contribution in [0.4, 0.5) is 0 Å². The Morgan fingerprint density at radius 3 is 2.93 bits per heavy atom. The number of H-pyrrole nitrogens is 1.